The molecule has 304 valence electrons. The first-order valence-electron chi connectivity index (χ1n) is 20.3. The molecule has 5 aliphatic rings. The number of ether oxygens (including phenoxy) is 3. The summed E-state index contributed by atoms with van der Waals surface area (Å²) < 4.78 is 20.8. The van der Waals surface area contributed by atoms with Crippen LogP contribution in [0.2, 0.25) is 0 Å². The van der Waals surface area contributed by atoms with Crippen LogP contribution in [-0.2, 0) is 23.2 Å². The lowest BCUT2D eigenvalue weighted by molar-refractivity contribution is -0.136. The molecule has 4 fully saturated rings. The molecule has 0 bridgehead atoms. The van der Waals surface area contributed by atoms with Crippen LogP contribution in [0.1, 0.15) is 77.6 Å². The van der Waals surface area contributed by atoms with Crippen LogP contribution in [0.25, 0.3) is 21.2 Å². The molecule has 58 heavy (non-hydrogen) atoms. The summed E-state index contributed by atoms with van der Waals surface area (Å²) >= 11 is 1.57. The maximum absolute atomic E-state index is 13.3. The second-order valence-electron chi connectivity index (χ2n) is 16.8. The van der Waals surface area contributed by atoms with Crippen molar-refractivity contribution in [2.45, 2.75) is 70.1 Å². The van der Waals surface area contributed by atoms with Gasteiger partial charge in [-0.1, -0.05) is 0 Å². The monoisotopic (exact) mass is 807 g/mol. The molecule has 2 aromatic heterocycles. The van der Waals surface area contributed by atoms with Gasteiger partial charge in [0.2, 0.25) is 11.8 Å². The molecule has 4 aliphatic heterocycles. The number of pyridine rings is 1. The highest BCUT2D eigenvalue weighted by atomic mass is 32.1. The first-order valence-corrected chi connectivity index (χ1v) is 21.2. The number of likely N-dealkylation sites (tertiary alicyclic amines) is 2. The standard InChI is InChI=1S/C44H49N5O8S/c1-46-24-33(39-31(41(46)52)10-17-58-39)27-18-36(55-2)34(37(19-27)56-3)25-47-13-8-26(9-14-47)23-48-15-11-44(12-16-48)21-29(22-44)57-28-4-5-30-32(20-28)43(54)49(42(30)53)35-6-7-38(50)45-40(35)51/h4-5,10,17-20,24,26,29,35H,6-9,11-16,21-23,25H2,1-3H3,(H,45,50,51). The summed E-state index contributed by atoms with van der Waals surface area (Å²) in [7, 11) is 5.20. The first-order chi connectivity index (χ1) is 28.0. The van der Waals surface area contributed by atoms with Crippen molar-refractivity contribution in [2.75, 3.05) is 46.9 Å². The van der Waals surface area contributed by atoms with Crippen LogP contribution in [0.15, 0.2) is 52.8 Å². The Morgan fingerprint density at radius 1 is 0.828 bits per heavy atom. The summed E-state index contributed by atoms with van der Waals surface area (Å²) in [4.78, 5) is 69.2. The largest absolute Gasteiger partial charge is 0.496 e. The van der Waals surface area contributed by atoms with E-state index in [9.17, 15) is 24.0 Å². The Morgan fingerprint density at radius 3 is 2.22 bits per heavy atom. The van der Waals surface area contributed by atoms with E-state index in [0.717, 1.165) is 121 Å². The van der Waals surface area contributed by atoms with E-state index in [2.05, 4.69) is 27.2 Å². The maximum Gasteiger partial charge on any atom is 0.262 e. The molecular formula is C44H49N5O8S. The Bertz CT molecular complexity index is 2340. The molecule has 1 atom stereocenters. The zero-order valence-electron chi connectivity index (χ0n) is 33.2. The summed E-state index contributed by atoms with van der Waals surface area (Å²) in [6, 6.07) is 10.0. The molecule has 0 radical (unpaired) electrons. The van der Waals surface area contributed by atoms with Gasteiger partial charge in [0.1, 0.15) is 23.3 Å². The van der Waals surface area contributed by atoms with Crippen molar-refractivity contribution in [1.82, 2.24) is 24.6 Å². The fraction of sp³-hybridized carbons (Fsp3) is 0.477. The molecule has 14 heteroatoms. The molecule has 4 aromatic rings. The fourth-order valence-electron chi connectivity index (χ4n) is 9.93. The number of aromatic nitrogens is 1. The van der Waals surface area contributed by atoms with Gasteiger partial charge in [0.25, 0.3) is 17.4 Å². The Hall–Kier alpha value is -5.05. The van der Waals surface area contributed by atoms with Gasteiger partial charge in [-0.2, -0.15) is 0 Å². The van der Waals surface area contributed by atoms with Crippen molar-refractivity contribution in [2.24, 2.45) is 18.4 Å². The average Bonchev–Trinajstić information content (AvgIpc) is 3.80. The number of imide groups is 2. The van der Waals surface area contributed by atoms with Crippen molar-refractivity contribution >= 4 is 45.1 Å². The van der Waals surface area contributed by atoms with E-state index in [4.69, 9.17) is 14.2 Å². The minimum atomic E-state index is -0.983. The lowest BCUT2D eigenvalue weighted by Crippen LogP contribution is -2.54. The molecule has 4 amide bonds. The quantitative estimate of drug-likeness (QED) is 0.212. The van der Waals surface area contributed by atoms with Crippen LogP contribution >= 0.6 is 11.3 Å². The van der Waals surface area contributed by atoms with Crippen molar-refractivity contribution in [1.29, 1.82) is 0 Å². The molecule has 3 saturated heterocycles. The van der Waals surface area contributed by atoms with Gasteiger partial charge in [-0.25, -0.2) is 0 Å². The summed E-state index contributed by atoms with van der Waals surface area (Å²) in [5, 5.41) is 4.92. The second-order valence-corrected chi connectivity index (χ2v) is 17.7. The minimum absolute atomic E-state index is 0.000523. The number of carbonyl (C=O) groups excluding carboxylic acids is 4. The molecule has 9 rings (SSSR count). The van der Waals surface area contributed by atoms with E-state index < -0.39 is 29.7 Å². The normalized spacial score (nSPS) is 21.7. The molecule has 13 nitrogen and oxygen atoms in total. The summed E-state index contributed by atoms with van der Waals surface area (Å²) in [5.41, 5.74) is 3.78. The number of nitrogens with one attached hydrogen (secondary N) is 1. The third-order valence-electron chi connectivity index (χ3n) is 13.3. The zero-order chi connectivity index (χ0) is 40.3. The Balaban J connectivity index is 0.747. The molecule has 1 spiro atoms. The summed E-state index contributed by atoms with van der Waals surface area (Å²) in [5.74, 6) is 0.759. The minimum Gasteiger partial charge on any atom is -0.496 e. The first kappa shape index (κ1) is 38.5. The molecular weight excluding hydrogens is 759 g/mol. The van der Waals surface area contributed by atoms with Gasteiger partial charge >= 0.3 is 0 Å². The van der Waals surface area contributed by atoms with E-state index in [0.29, 0.717) is 11.7 Å². The van der Waals surface area contributed by atoms with E-state index in [1.54, 1.807) is 55.4 Å². The summed E-state index contributed by atoms with van der Waals surface area (Å²) in [6.07, 6.45) is 8.72. The fourth-order valence-corrected chi connectivity index (χ4v) is 10.8. The smallest absolute Gasteiger partial charge is 0.262 e. The lowest BCUT2D eigenvalue weighted by atomic mass is 9.61. The predicted octanol–water partition coefficient (Wildman–Crippen LogP) is 5.22. The van der Waals surface area contributed by atoms with Crippen molar-refractivity contribution in [3.63, 3.8) is 0 Å². The number of hydrogen-bond donors (Lipinski definition) is 1. The van der Waals surface area contributed by atoms with Crippen LogP contribution in [0, 0.1) is 11.3 Å². The number of hydrogen-bond acceptors (Lipinski definition) is 11. The van der Waals surface area contributed by atoms with Gasteiger partial charge in [0, 0.05) is 43.0 Å². The lowest BCUT2D eigenvalue weighted by Gasteiger charge is -2.52. The number of fused-ring (bicyclic) bond motifs is 2. The molecule has 2 aromatic carbocycles. The van der Waals surface area contributed by atoms with E-state index >= 15 is 0 Å². The average molecular weight is 808 g/mol. The Labute approximate surface area is 340 Å². The number of piperidine rings is 3. The molecule has 1 N–H and O–H groups in total. The Morgan fingerprint density at radius 2 is 1.53 bits per heavy atom. The number of amides is 4. The van der Waals surface area contributed by atoms with Gasteiger partial charge in [0.15, 0.2) is 0 Å². The highest BCUT2D eigenvalue weighted by Crippen LogP contribution is 2.51. The van der Waals surface area contributed by atoms with Crippen LogP contribution in [0.3, 0.4) is 0 Å². The topological polar surface area (TPSA) is 140 Å². The van der Waals surface area contributed by atoms with Crippen molar-refractivity contribution in [3.8, 4) is 28.4 Å². The number of aryl methyl sites for hydroxylation is 1. The van der Waals surface area contributed by atoms with Gasteiger partial charge in [-0.05, 0) is 130 Å². The zero-order valence-corrected chi connectivity index (χ0v) is 34.0. The van der Waals surface area contributed by atoms with Gasteiger partial charge in [-0.3, -0.25) is 39.1 Å². The molecule has 6 heterocycles. The number of carbonyl (C=O) groups is 4. The third-order valence-corrected chi connectivity index (χ3v) is 14.2. The number of methoxy groups -OCH3 is 2. The van der Waals surface area contributed by atoms with Crippen LogP contribution in [-0.4, -0.2) is 102 Å². The van der Waals surface area contributed by atoms with Crippen molar-refractivity contribution in [3.05, 3.63) is 75.0 Å². The molecule has 1 unspecified atom stereocenters. The number of thiophene rings is 1. The van der Waals surface area contributed by atoms with E-state index in [-0.39, 0.29) is 41.0 Å². The predicted molar refractivity (Wildman–Crippen MR) is 218 cm³/mol. The van der Waals surface area contributed by atoms with Gasteiger partial charge < -0.3 is 23.7 Å². The van der Waals surface area contributed by atoms with Crippen LogP contribution in [0.4, 0.5) is 0 Å². The van der Waals surface area contributed by atoms with Crippen LogP contribution in [0.5, 0.6) is 17.2 Å². The van der Waals surface area contributed by atoms with Crippen molar-refractivity contribution < 1.29 is 33.4 Å². The maximum atomic E-state index is 13.3. The van der Waals surface area contributed by atoms with Crippen LogP contribution < -0.4 is 25.1 Å². The highest BCUT2D eigenvalue weighted by Gasteiger charge is 2.48. The van der Waals surface area contributed by atoms with Gasteiger partial charge in [-0.15, -0.1) is 11.3 Å². The number of benzene rings is 2. The number of rotatable bonds is 10. The second kappa shape index (κ2) is 15.3. The summed E-state index contributed by atoms with van der Waals surface area (Å²) in [6.45, 7) is 6.09. The van der Waals surface area contributed by atoms with Gasteiger partial charge in [0.05, 0.1) is 42.4 Å². The highest BCUT2D eigenvalue weighted by molar-refractivity contribution is 7.17. The number of nitrogens with zero attached hydrogens (tertiary/aromatic N) is 4. The molecule has 1 aliphatic carbocycles. The third kappa shape index (κ3) is 6.98. The Kier molecular flexibility index (Phi) is 10.1. The van der Waals surface area contributed by atoms with E-state index in [1.807, 2.05) is 17.6 Å². The molecule has 1 saturated carbocycles. The van der Waals surface area contributed by atoms with E-state index in [1.165, 1.54) is 0 Å². The SMILES string of the molecule is COc1cc(-c2cn(C)c(=O)c3ccsc23)cc(OC)c1CN1CCC(CN2CCC3(CC2)CC(Oc2ccc4c(c2)C(=O)N(C2CCC(=O)NC2=O)C4=O)C3)CC1.